The third kappa shape index (κ3) is 7.71. The van der Waals surface area contributed by atoms with E-state index in [2.05, 4.69) is 5.32 Å². The number of hydrogen-bond donors (Lipinski definition) is 2. The predicted octanol–water partition coefficient (Wildman–Crippen LogP) is 3.36. The number of amides is 2. The van der Waals surface area contributed by atoms with Gasteiger partial charge in [-0.05, 0) is 37.7 Å². The van der Waals surface area contributed by atoms with Crippen LogP contribution in [0.4, 0.5) is 0 Å². The Balaban J connectivity index is 1.92. The highest BCUT2D eigenvalue weighted by molar-refractivity contribution is 5.87. The lowest BCUT2D eigenvalue weighted by Crippen LogP contribution is -2.47. The Morgan fingerprint density at radius 2 is 1.82 bits per heavy atom. The molecular formula is C22H32N2O4. The van der Waals surface area contributed by atoms with Gasteiger partial charge in [-0.25, -0.2) is 0 Å². The molecule has 6 nitrogen and oxygen atoms in total. The van der Waals surface area contributed by atoms with Crippen LogP contribution in [0.5, 0.6) is 0 Å². The van der Waals surface area contributed by atoms with Crippen molar-refractivity contribution in [1.82, 2.24) is 10.2 Å². The van der Waals surface area contributed by atoms with Crippen LogP contribution < -0.4 is 5.32 Å². The van der Waals surface area contributed by atoms with Crippen LogP contribution in [0.2, 0.25) is 0 Å². The van der Waals surface area contributed by atoms with E-state index in [0.29, 0.717) is 31.8 Å². The van der Waals surface area contributed by atoms with Gasteiger partial charge in [0, 0.05) is 25.9 Å². The Bertz CT molecular complexity index is 641. The zero-order valence-corrected chi connectivity index (χ0v) is 16.7. The van der Waals surface area contributed by atoms with Gasteiger partial charge < -0.3 is 15.3 Å². The molecule has 0 aliphatic heterocycles. The number of carboxylic acid groups (broad SMARTS) is 1. The summed E-state index contributed by atoms with van der Waals surface area (Å²) in [7, 11) is 0. The van der Waals surface area contributed by atoms with Crippen LogP contribution >= 0.6 is 0 Å². The van der Waals surface area contributed by atoms with Gasteiger partial charge in [-0.3, -0.25) is 14.4 Å². The van der Waals surface area contributed by atoms with Crippen molar-refractivity contribution in [3.8, 4) is 0 Å². The molecule has 0 saturated heterocycles. The molecule has 0 heterocycles. The number of carbonyl (C=O) groups excluding carboxylic acids is 2. The second-order valence-corrected chi connectivity index (χ2v) is 7.74. The SMILES string of the molecule is CC(NC(=O)CC1CCCCC1)C(=O)N(CCCC(=O)O)Cc1ccccc1. The minimum atomic E-state index is -0.874. The first kappa shape index (κ1) is 21.9. The average molecular weight is 389 g/mol. The quantitative estimate of drug-likeness (QED) is 0.643. The summed E-state index contributed by atoms with van der Waals surface area (Å²) in [5, 5.41) is 11.7. The van der Waals surface area contributed by atoms with E-state index in [0.717, 1.165) is 18.4 Å². The molecule has 0 bridgehead atoms. The molecule has 1 atom stereocenters. The largest absolute Gasteiger partial charge is 0.481 e. The molecule has 2 amide bonds. The first-order chi connectivity index (χ1) is 13.5. The van der Waals surface area contributed by atoms with E-state index in [9.17, 15) is 14.4 Å². The summed E-state index contributed by atoms with van der Waals surface area (Å²) in [5.74, 6) is -0.697. The summed E-state index contributed by atoms with van der Waals surface area (Å²) in [5.41, 5.74) is 0.979. The lowest BCUT2D eigenvalue weighted by atomic mass is 9.87. The van der Waals surface area contributed by atoms with Crippen LogP contribution in [0.1, 0.15) is 63.9 Å². The molecule has 2 rings (SSSR count). The van der Waals surface area contributed by atoms with Crippen LogP contribution in [0.3, 0.4) is 0 Å². The van der Waals surface area contributed by atoms with Gasteiger partial charge in [0.2, 0.25) is 11.8 Å². The average Bonchev–Trinajstić information content (AvgIpc) is 2.68. The van der Waals surface area contributed by atoms with Gasteiger partial charge in [-0.2, -0.15) is 0 Å². The molecule has 1 aliphatic rings. The normalized spacial score (nSPS) is 15.6. The van der Waals surface area contributed by atoms with Gasteiger partial charge in [0.05, 0.1) is 0 Å². The third-order valence-electron chi connectivity index (χ3n) is 5.29. The number of carboxylic acids is 1. The van der Waals surface area contributed by atoms with E-state index >= 15 is 0 Å². The monoisotopic (exact) mass is 388 g/mol. The number of carbonyl (C=O) groups is 3. The molecule has 2 N–H and O–H groups in total. The smallest absolute Gasteiger partial charge is 0.303 e. The lowest BCUT2D eigenvalue weighted by molar-refractivity contribution is -0.139. The van der Waals surface area contributed by atoms with E-state index in [1.54, 1.807) is 11.8 Å². The highest BCUT2D eigenvalue weighted by Gasteiger charge is 2.24. The number of nitrogens with one attached hydrogen (secondary N) is 1. The van der Waals surface area contributed by atoms with Crippen molar-refractivity contribution in [3.63, 3.8) is 0 Å². The molecule has 0 spiro atoms. The van der Waals surface area contributed by atoms with Crippen LogP contribution in [0, 0.1) is 5.92 Å². The molecule has 1 saturated carbocycles. The fraction of sp³-hybridized carbons (Fsp3) is 0.591. The summed E-state index contributed by atoms with van der Waals surface area (Å²) in [4.78, 5) is 37.7. The van der Waals surface area contributed by atoms with Gasteiger partial charge in [-0.15, -0.1) is 0 Å². The topological polar surface area (TPSA) is 86.7 Å². The highest BCUT2D eigenvalue weighted by Crippen LogP contribution is 2.26. The molecule has 154 valence electrons. The Kier molecular flexibility index (Phi) is 8.98. The predicted molar refractivity (Wildman–Crippen MR) is 108 cm³/mol. The maximum Gasteiger partial charge on any atom is 0.303 e. The van der Waals surface area contributed by atoms with Crippen LogP contribution in [0.25, 0.3) is 0 Å². The number of rotatable bonds is 10. The van der Waals surface area contributed by atoms with Crippen molar-refractivity contribution >= 4 is 17.8 Å². The molecule has 0 aromatic heterocycles. The molecular weight excluding hydrogens is 356 g/mol. The Morgan fingerprint density at radius 1 is 1.14 bits per heavy atom. The van der Waals surface area contributed by atoms with Crippen molar-refractivity contribution < 1.29 is 19.5 Å². The van der Waals surface area contributed by atoms with E-state index in [1.807, 2.05) is 30.3 Å². The van der Waals surface area contributed by atoms with Crippen molar-refractivity contribution in [2.24, 2.45) is 5.92 Å². The summed E-state index contributed by atoms with van der Waals surface area (Å²) < 4.78 is 0. The minimum Gasteiger partial charge on any atom is -0.481 e. The number of aliphatic carboxylic acids is 1. The first-order valence-electron chi connectivity index (χ1n) is 10.3. The van der Waals surface area contributed by atoms with E-state index in [-0.39, 0.29) is 18.2 Å². The first-order valence-corrected chi connectivity index (χ1v) is 10.3. The molecule has 28 heavy (non-hydrogen) atoms. The Hall–Kier alpha value is -2.37. The third-order valence-corrected chi connectivity index (χ3v) is 5.29. The van der Waals surface area contributed by atoms with Crippen LogP contribution in [0.15, 0.2) is 30.3 Å². The fourth-order valence-corrected chi connectivity index (χ4v) is 3.78. The molecule has 1 aromatic rings. The van der Waals surface area contributed by atoms with E-state index < -0.39 is 12.0 Å². The Labute approximate surface area is 167 Å². The standard InChI is InChI=1S/C22H32N2O4/c1-17(23-20(25)15-18-9-4-2-5-10-18)22(28)24(14-8-13-21(26)27)16-19-11-6-3-7-12-19/h3,6-7,11-12,17-18H,2,4-5,8-10,13-16H2,1H3,(H,23,25)(H,26,27). The second-order valence-electron chi connectivity index (χ2n) is 7.74. The lowest BCUT2D eigenvalue weighted by Gasteiger charge is -2.27. The number of nitrogens with zero attached hydrogens (tertiary/aromatic N) is 1. The van der Waals surface area contributed by atoms with Crippen molar-refractivity contribution in [2.45, 2.75) is 70.9 Å². The zero-order valence-electron chi connectivity index (χ0n) is 16.7. The summed E-state index contributed by atoms with van der Waals surface area (Å²) in [6.45, 7) is 2.46. The van der Waals surface area contributed by atoms with Gasteiger partial charge in [0.15, 0.2) is 0 Å². The van der Waals surface area contributed by atoms with Gasteiger partial charge in [-0.1, -0.05) is 49.6 Å². The summed E-state index contributed by atoms with van der Waals surface area (Å²) in [6.07, 6.45) is 6.67. The summed E-state index contributed by atoms with van der Waals surface area (Å²) >= 11 is 0. The Morgan fingerprint density at radius 3 is 2.46 bits per heavy atom. The van der Waals surface area contributed by atoms with E-state index in [1.165, 1.54) is 19.3 Å². The maximum atomic E-state index is 12.9. The van der Waals surface area contributed by atoms with E-state index in [4.69, 9.17) is 5.11 Å². The summed E-state index contributed by atoms with van der Waals surface area (Å²) in [6, 6.07) is 8.97. The molecule has 6 heteroatoms. The molecule has 1 aliphatic carbocycles. The minimum absolute atomic E-state index is 0.0149. The van der Waals surface area contributed by atoms with Crippen molar-refractivity contribution in [1.29, 1.82) is 0 Å². The van der Waals surface area contributed by atoms with Gasteiger partial charge in [0.1, 0.15) is 6.04 Å². The fourth-order valence-electron chi connectivity index (χ4n) is 3.78. The van der Waals surface area contributed by atoms with Gasteiger partial charge >= 0.3 is 5.97 Å². The second kappa shape index (κ2) is 11.5. The van der Waals surface area contributed by atoms with Crippen molar-refractivity contribution in [3.05, 3.63) is 35.9 Å². The van der Waals surface area contributed by atoms with Crippen LogP contribution in [-0.4, -0.2) is 40.4 Å². The molecule has 0 radical (unpaired) electrons. The number of hydrogen-bond acceptors (Lipinski definition) is 3. The van der Waals surface area contributed by atoms with Gasteiger partial charge in [0.25, 0.3) is 0 Å². The molecule has 1 fully saturated rings. The molecule has 1 aromatic carbocycles. The molecule has 1 unspecified atom stereocenters. The zero-order chi connectivity index (χ0) is 20.4. The maximum absolute atomic E-state index is 12.9. The highest BCUT2D eigenvalue weighted by atomic mass is 16.4. The number of benzene rings is 1. The van der Waals surface area contributed by atoms with Crippen LogP contribution in [-0.2, 0) is 20.9 Å². The van der Waals surface area contributed by atoms with Crippen molar-refractivity contribution in [2.75, 3.05) is 6.54 Å².